The first-order valence-corrected chi connectivity index (χ1v) is 2.43. The van der Waals surface area contributed by atoms with E-state index in [0.29, 0.717) is 0 Å². The summed E-state index contributed by atoms with van der Waals surface area (Å²) < 4.78 is 1.77. The molecule has 0 amide bonds. The monoisotopic (exact) mass is 114 g/mol. The quantitative estimate of drug-likeness (QED) is 0.524. The summed E-state index contributed by atoms with van der Waals surface area (Å²) in [7, 11) is 0. The lowest BCUT2D eigenvalue weighted by molar-refractivity contribution is 1.06. The van der Waals surface area contributed by atoms with Crippen LogP contribution in [0.2, 0.25) is 0 Å². The lowest BCUT2D eigenvalue weighted by Crippen LogP contribution is -1.79. The van der Waals surface area contributed by atoms with Gasteiger partial charge in [-0.1, -0.05) is 11.6 Å². The van der Waals surface area contributed by atoms with Gasteiger partial charge in [0.05, 0.1) is 0 Å². The second-order valence-electron chi connectivity index (χ2n) is 1.23. The van der Waals surface area contributed by atoms with Crippen molar-refractivity contribution in [3.63, 3.8) is 0 Å². The molecule has 0 aliphatic heterocycles. The molecular formula is C5H5ClN. The molecule has 7 heavy (non-hydrogen) atoms. The van der Waals surface area contributed by atoms with Crippen LogP contribution in [0.3, 0.4) is 0 Å². The lowest BCUT2D eigenvalue weighted by atomic mass is 10.7. The molecule has 1 heterocycles. The predicted octanol–water partition coefficient (Wildman–Crippen LogP) is 1.69. The topological polar surface area (TPSA) is 4.93 Å². The van der Waals surface area contributed by atoms with Crippen LogP contribution in [-0.4, -0.2) is 4.57 Å². The molecule has 0 saturated carbocycles. The maximum Gasteiger partial charge on any atom is 0.142 e. The zero-order valence-corrected chi connectivity index (χ0v) is 4.47. The van der Waals surface area contributed by atoms with Crippen LogP contribution in [0.4, 0.5) is 0 Å². The first-order valence-electron chi connectivity index (χ1n) is 1.99. The van der Waals surface area contributed by atoms with Gasteiger partial charge >= 0.3 is 0 Å². The molecule has 37 valence electrons. The van der Waals surface area contributed by atoms with Gasteiger partial charge in [0.25, 0.3) is 0 Å². The van der Waals surface area contributed by atoms with E-state index in [1.54, 1.807) is 4.57 Å². The van der Waals surface area contributed by atoms with Crippen molar-refractivity contribution in [2.24, 2.45) is 0 Å². The van der Waals surface area contributed by atoms with E-state index < -0.39 is 0 Å². The van der Waals surface area contributed by atoms with E-state index in [2.05, 4.69) is 0 Å². The summed E-state index contributed by atoms with van der Waals surface area (Å²) in [6.45, 7) is 0. The highest BCUT2D eigenvalue weighted by atomic mass is 35.5. The summed E-state index contributed by atoms with van der Waals surface area (Å²) in [5.41, 5.74) is 0. The standard InChI is InChI=1S/C5H5ClN/c6-5-7-3-1-2-4-7/h1-5H. The maximum atomic E-state index is 5.31. The van der Waals surface area contributed by atoms with E-state index in [1.807, 2.05) is 24.5 Å². The molecule has 1 nitrogen and oxygen atoms in total. The molecule has 0 fully saturated rings. The molecule has 0 saturated heterocycles. The molecule has 0 aliphatic carbocycles. The van der Waals surface area contributed by atoms with Crippen LogP contribution in [0.25, 0.3) is 0 Å². The van der Waals surface area contributed by atoms with Gasteiger partial charge in [-0.2, -0.15) is 0 Å². The lowest BCUT2D eigenvalue weighted by Gasteiger charge is -1.86. The Balaban J connectivity index is 2.76. The van der Waals surface area contributed by atoms with Crippen LogP contribution in [0.15, 0.2) is 24.5 Å². The molecule has 0 aromatic carbocycles. The molecule has 1 rings (SSSR count). The molecule has 0 spiro atoms. The molecule has 2 heteroatoms. The second-order valence-corrected chi connectivity index (χ2v) is 1.42. The zero-order valence-electron chi connectivity index (χ0n) is 3.71. The SMILES string of the molecule is Cl[CH]n1cccc1. The highest BCUT2D eigenvalue weighted by molar-refractivity contribution is 6.22. The van der Waals surface area contributed by atoms with E-state index in [4.69, 9.17) is 11.6 Å². The molecule has 1 aromatic rings. The number of nitrogens with zero attached hydrogens (tertiary/aromatic N) is 1. The van der Waals surface area contributed by atoms with Gasteiger partial charge in [-0.3, -0.25) is 0 Å². The van der Waals surface area contributed by atoms with Crippen LogP contribution in [0.5, 0.6) is 0 Å². The summed E-state index contributed by atoms with van der Waals surface area (Å²) in [5, 5.41) is 0. The van der Waals surface area contributed by atoms with Crippen molar-refractivity contribution in [2.45, 2.75) is 0 Å². The predicted molar refractivity (Wildman–Crippen MR) is 30.0 cm³/mol. The van der Waals surface area contributed by atoms with Gasteiger partial charge in [0.2, 0.25) is 0 Å². The van der Waals surface area contributed by atoms with E-state index >= 15 is 0 Å². The second kappa shape index (κ2) is 2.03. The normalized spacial score (nSPS) is 9.29. The average Bonchev–Trinajstić information content (AvgIpc) is 2.14. The van der Waals surface area contributed by atoms with Gasteiger partial charge in [0.15, 0.2) is 0 Å². The molecule has 0 aliphatic rings. The Morgan fingerprint density at radius 3 is 2.14 bits per heavy atom. The largest absolute Gasteiger partial charge is 0.335 e. The van der Waals surface area contributed by atoms with Crippen LogP contribution in [0.1, 0.15) is 0 Å². The fourth-order valence-electron chi connectivity index (χ4n) is 0.413. The maximum absolute atomic E-state index is 5.31. The third kappa shape index (κ3) is 0.967. The van der Waals surface area contributed by atoms with E-state index in [9.17, 15) is 0 Å². The van der Waals surface area contributed by atoms with E-state index in [-0.39, 0.29) is 0 Å². The highest BCUT2D eigenvalue weighted by Crippen LogP contribution is 1.92. The Kier molecular flexibility index (Phi) is 1.37. The van der Waals surface area contributed by atoms with Gasteiger partial charge in [-0.15, -0.1) is 0 Å². The highest BCUT2D eigenvalue weighted by Gasteiger charge is 1.78. The summed E-state index contributed by atoms with van der Waals surface area (Å²) in [4.78, 5) is 0. The Bertz CT molecular complexity index is 123. The minimum atomic E-state index is 1.47. The van der Waals surface area contributed by atoms with Crippen LogP contribution >= 0.6 is 11.6 Å². The smallest absolute Gasteiger partial charge is 0.142 e. The van der Waals surface area contributed by atoms with Crippen molar-refractivity contribution in [2.75, 3.05) is 0 Å². The number of hydrogen-bond donors (Lipinski definition) is 0. The van der Waals surface area contributed by atoms with E-state index in [1.165, 1.54) is 6.00 Å². The third-order valence-electron chi connectivity index (χ3n) is 0.740. The summed E-state index contributed by atoms with van der Waals surface area (Å²) in [5.74, 6) is 0. The number of halogens is 1. The Hall–Kier alpha value is -0.430. The van der Waals surface area contributed by atoms with Gasteiger partial charge in [0, 0.05) is 12.4 Å². The Morgan fingerprint density at radius 1 is 1.29 bits per heavy atom. The summed E-state index contributed by atoms with van der Waals surface area (Å²) in [6.07, 6.45) is 3.74. The van der Waals surface area contributed by atoms with Gasteiger partial charge in [-0.05, 0) is 12.1 Å². The summed E-state index contributed by atoms with van der Waals surface area (Å²) >= 11 is 5.31. The van der Waals surface area contributed by atoms with Gasteiger partial charge in [0.1, 0.15) is 6.00 Å². The number of aromatic nitrogens is 1. The van der Waals surface area contributed by atoms with Crippen molar-refractivity contribution in [3.05, 3.63) is 30.5 Å². The number of hydrogen-bond acceptors (Lipinski definition) is 0. The van der Waals surface area contributed by atoms with Crippen LogP contribution in [-0.2, 0) is 0 Å². The fraction of sp³-hybridized carbons (Fsp3) is 0. The molecule has 1 radical (unpaired) electrons. The molecule has 0 bridgehead atoms. The minimum Gasteiger partial charge on any atom is -0.335 e. The van der Waals surface area contributed by atoms with Crippen molar-refractivity contribution in [1.29, 1.82) is 0 Å². The van der Waals surface area contributed by atoms with E-state index in [0.717, 1.165) is 0 Å². The minimum absolute atomic E-state index is 1.47. The molecule has 0 N–H and O–H groups in total. The Morgan fingerprint density at radius 2 is 1.86 bits per heavy atom. The molecule has 1 aromatic heterocycles. The summed E-state index contributed by atoms with van der Waals surface area (Å²) in [6, 6.07) is 5.30. The zero-order chi connectivity index (χ0) is 5.11. The van der Waals surface area contributed by atoms with Crippen molar-refractivity contribution >= 4 is 11.6 Å². The van der Waals surface area contributed by atoms with Gasteiger partial charge in [-0.25, -0.2) is 0 Å². The average molecular weight is 115 g/mol. The molecule has 0 atom stereocenters. The molecule has 0 unspecified atom stereocenters. The molecular weight excluding hydrogens is 110 g/mol. The third-order valence-corrected chi connectivity index (χ3v) is 0.966. The van der Waals surface area contributed by atoms with Crippen LogP contribution < -0.4 is 0 Å². The van der Waals surface area contributed by atoms with Crippen molar-refractivity contribution in [3.8, 4) is 0 Å². The number of rotatable bonds is 1. The van der Waals surface area contributed by atoms with Crippen LogP contribution in [0, 0.1) is 6.00 Å². The fourth-order valence-corrected chi connectivity index (χ4v) is 0.543. The Labute approximate surface area is 47.5 Å². The first kappa shape index (κ1) is 4.72. The van der Waals surface area contributed by atoms with Crippen molar-refractivity contribution in [1.82, 2.24) is 4.57 Å². The van der Waals surface area contributed by atoms with Gasteiger partial charge < -0.3 is 4.57 Å². The first-order chi connectivity index (χ1) is 3.43. The van der Waals surface area contributed by atoms with Crippen molar-refractivity contribution < 1.29 is 0 Å².